The van der Waals surface area contributed by atoms with Crippen molar-refractivity contribution >= 4 is 5.69 Å². The number of nitrogens with zero attached hydrogens (tertiary/aromatic N) is 1. The maximum atomic E-state index is 13.4. The predicted molar refractivity (Wildman–Crippen MR) is 63.5 cm³/mol. The van der Waals surface area contributed by atoms with E-state index in [0.29, 0.717) is 16.9 Å². The van der Waals surface area contributed by atoms with Crippen LogP contribution in [0, 0.1) is 19.7 Å². The number of aryl methyl sites for hydroxylation is 1. The van der Waals surface area contributed by atoms with E-state index >= 15 is 0 Å². The molecule has 1 aromatic carbocycles. The van der Waals surface area contributed by atoms with E-state index in [4.69, 9.17) is 5.73 Å². The molecule has 2 aromatic rings. The Morgan fingerprint density at radius 1 is 1.19 bits per heavy atom. The molecule has 0 atom stereocenters. The third-order valence-corrected chi connectivity index (χ3v) is 2.73. The highest BCUT2D eigenvalue weighted by Crippen LogP contribution is 2.29. The van der Waals surface area contributed by atoms with E-state index in [9.17, 15) is 4.39 Å². The van der Waals surface area contributed by atoms with Crippen molar-refractivity contribution in [1.82, 2.24) is 4.98 Å². The molecule has 1 aromatic heterocycles. The number of anilines is 1. The van der Waals surface area contributed by atoms with Gasteiger partial charge in [0.15, 0.2) is 0 Å². The number of pyridine rings is 1. The van der Waals surface area contributed by atoms with Gasteiger partial charge in [-0.2, -0.15) is 0 Å². The number of rotatable bonds is 1. The zero-order valence-electron chi connectivity index (χ0n) is 9.29. The number of halogens is 1. The first kappa shape index (κ1) is 10.6. The molecular formula is C13H13FN2. The molecule has 16 heavy (non-hydrogen) atoms. The van der Waals surface area contributed by atoms with E-state index in [1.54, 1.807) is 19.2 Å². The van der Waals surface area contributed by atoms with Crippen LogP contribution in [-0.2, 0) is 0 Å². The van der Waals surface area contributed by atoms with Crippen molar-refractivity contribution in [2.75, 3.05) is 5.73 Å². The molecule has 0 saturated carbocycles. The SMILES string of the molecule is Cc1ccnc(-c2cccc(F)c2C)c1N. The average molecular weight is 216 g/mol. The maximum absolute atomic E-state index is 13.4. The number of benzene rings is 1. The molecule has 0 bridgehead atoms. The molecular weight excluding hydrogens is 203 g/mol. The second-order valence-corrected chi connectivity index (χ2v) is 3.80. The molecule has 0 aliphatic carbocycles. The van der Waals surface area contributed by atoms with Crippen LogP contribution in [0.2, 0.25) is 0 Å². The summed E-state index contributed by atoms with van der Waals surface area (Å²) < 4.78 is 13.4. The van der Waals surface area contributed by atoms with Crippen LogP contribution in [-0.4, -0.2) is 4.98 Å². The van der Waals surface area contributed by atoms with Crippen LogP contribution in [0.3, 0.4) is 0 Å². The second kappa shape index (κ2) is 3.93. The summed E-state index contributed by atoms with van der Waals surface area (Å²) in [5.74, 6) is -0.236. The van der Waals surface area contributed by atoms with E-state index in [1.165, 1.54) is 6.07 Å². The first-order valence-electron chi connectivity index (χ1n) is 5.08. The van der Waals surface area contributed by atoms with E-state index in [2.05, 4.69) is 4.98 Å². The molecule has 0 unspecified atom stereocenters. The van der Waals surface area contributed by atoms with Gasteiger partial charge in [0.05, 0.1) is 11.4 Å². The van der Waals surface area contributed by atoms with E-state index in [0.717, 1.165) is 11.1 Å². The Kier molecular flexibility index (Phi) is 2.60. The van der Waals surface area contributed by atoms with Crippen molar-refractivity contribution < 1.29 is 4.39 Å². The summed E-state index contributed by atoms with van der Waals surface area (Å²) in [5.41, 5.74) is 9.49. The van der Waals surface area contributed by atoms with Crippen molar-refractivity contribution in [3.8, 4) is 11.3 Å². The normalized spacial score (nSPS) is 10.4. The lowest BCUT2D eigenvalue weighted by Crippen LogP contribution is -1.98. The summed E-state index contributed by atoms with van der Waals surface area (Å²) in [6, 6.07) is 6.77. The van der Waals surface area contributed by atoms with Gasteiger partial charge >= 0.3 is 0 Å². The molecule has 0 radical (unpaired) electrons. The van der Waals surface area contributed by atoms with E-state index in [-0.39, 0.29) is 5.82 Å². The highest BCUT2D eigenvalue weighted by Gasteiger charge is 2.10. The number of hydrogen-bond acceptors (Lipinski definition) is 2. The molecule has 0 aliphatic heterocycles. The topological polar surface area (TPSA) is 38.9 Å². The molecule has 1 heterocycles. The largest absolute Gasteiger partial charge is 0.397 e. The third-order valence-electron chi connectivity index (χ3n) is 2.73. The average Bonchev–Trinajstić information content (AvgIpc) is 2.27. The van der Waals surface area contributed by atoms with Crippen LogP contribution in [0.4, 0.5) is 10.1 Å². The lowest BCUT2D eigenvalue weighted by Gasteiger charge is -2.10. The Balaban J connectivity index is 2.68. The van der Waals surface area contributed by atoms with Gasteiger partial charge in [-0.25, -0.2) is 4.39 Å². The van der Waals surface area contributed by atoms with Crippen molar-refractivity contribution in [3.63, 3.8) is 0 Å². The Morgan fingerprint density at radius 3 is 2.69 bits per heavy atom. The summed E-state index contributed by atoms with van der Waals surface area (Å²) in [4.78, 5) is 4.22. The fourth-order valence-corrected chi connectivity index (χ4v) is 1.65. The van der Waals surface area contributed by atoms with Crippen LogP contribution in [0.25, 0.3) is 11.3 Å². The summed E-state index contributed by atoms with van der Waals surface area (Å²) in [6.07, 6.45) is 1.69. The van der Waals surface area contributed by atoms with Gasteiger partial charge in [0.25, 0.3) is 0 Å². The standard InChI is InChI=1S/C13H13FN2/c1-8-6-7-16-13(12(8)15)10-4-3-5-11(14)9(10)2/h3-7H,15H2,1-2H3. The molecule has 82 valence electrons. The fourth-order valence-electron chi connectivity index (χ4n) is 1.65. The van der Waals surface area contributed by atoms with Crippen LogP contribution < -0.4 is 5.73 Å². The first-order valence-corrected chi connectivity index (χ1v) is 5.08. The minimum absolute atomic E-state index is 0.236. The van der Waals surface area contributed by atoms with Gasteiger partial charge in [0.1, 0.15) is 5.82 Å². The monoisotopic (exact) mass is 216 g/mol. The lowest BCUT2D eigenvalue weighted by atomic mass is 10.0. The third kappa shape index (κ3) is 1.65. The van der Waals surface area contributed by atoms with Crippen LogP contribution in [0.1, 0.15) is 11.1 Å². The molecule has 2 N–H and O–H groups in total. The Hall–Kier alpha value is -1.90. The van der Waals surface area contributed by atoms with Gasteiger partial charge < -0.3 is 5.73 Å². The Morgan fingerprint density at radius 2 is 1.94 bits per heavy atom. The zero-order valence-corrected chi connectivity index (χ0v) is 9.29. The minimum atomic E-state index is -0.236. The zero-order chi connectivity index (χ0) is 11.7. The quantitative estimate of drug-likeness (QED) is 0.795. The summed E-state index contributed by atoms with van der Waals surface area (Å²) >= 11 is 0. The molecule has 0 fully saturated rings. The lowest BCUT2D eigenvalue weighted by molar-refractivity contribution is 0.619. The summed E-state index contributed by atoms with van der Waals surface area (Å²) in [7, 11) is 0. The van der Waals surface area contributed by atoms with Crippen molar-refractivity contribution in [2.24, 2.45) is 0 Å². The minimum Gasteiger partial charge on any atom is -0.397 e. The van der Waals surface area contributed by atoms with Crippen LogP contribution in [0.15, 0.2) is 30.5 Å². The molecule has 0 spiro atoms. The molecule has 3 heteroatoms. The number of nitrogen functional groups attached to an aromatic ring is 1. The van der Waals surface area contributed by atoms with Crippen LogP contribution in [0.5, 0.6) is 0 Å². The van der Waals surface area contributed by atoms with E-state index < -0.39 is 0 Å². The summed E-state index contributed by atoms with van der Waals surface area (Å²) in [5, 5.41) is 0. The number of aromatic nitrogens is 1. The number of hydrogen-bond donors (Lipinski definition) is 1. The van der Waals surface area contributed by atoms with Gasteiger partial charge in [-0.3, -0.25) is 4.98 Å². The second-order valence-electron chi connectivity index (χ2n) is 3.80. The molecule has 0 amide bonds. The molecule has 2 rings (SSSR count). The van der Waals surface area contributed by atoms with Gasteiger partial charge in [0.2, 0.25) is 0 Å². The highest BCUT2D eigenvalue weighted by molar-refractivity contribution is 5.76. The Labute approximate surface area is 93.9 Å². The fraction of sp³-hybridized carbons (Fsp3) is 0.154. The summed E-state index contributed by atoms with van der Waals surface area (Å²) in [6.45, 7) is 3.64. The van der Waals surface area contributed by atoms with Crippen molar-refractivity contribution in [2.45, 2.75) is 13.8 Å². The molecule has 2 nitrogen and oxygen atoms in total. The van der Waals surface area contributed by atoms with Crippen LogP contribution >= 0.6 is 0 Å². The Bertz CT molecular complexity index is 486. The van der Waals surface area contributed by atoms with Gasteiger partial charge in [-0.1, -0.05) is 12.1 Å². The molecule has 0 aliphatic rings. The van der Waals surface area contributed by atoms with Crippen molar-refractivity contribution in [3.05, 3.63) is 47.4 Å². The first-order chi connectivity index (χ1) is 7.61. The van der Waals surface area contributed by atoms with Crippen molar-refractivity contribution in [1.29, 1.82) is 0 Å². The smallest absolute Gasteiger partial charge is 0.126 e. The van der Waals surface area contributed by atoms with E-state index in [1.807, 2.05) is 19.1 Å². The van der Waals surface area contributed by atoms with Gasteiger partial charge in [-0.15, -0.1) is 0 Å². The number of nitrogens with two attached hydrogens (primary N) is 1. The predicted octanol–water partition coefficient (Wildman–Crippen LogP) is 3.09. The molecule has 0 saturated heterocycles. The highest BCUT2D eigenvalue weighted by atomic mass is 19.1. The van der Waals surface area contributed by atoms with Gasteiger partial charge in [-0.05, 0) is 37.1 Å². The maximum Gasteiger partial charge on any atom is 0.126 e. The van der Waals surface area contributed by atoms with Gasteiger partial charge in [0, 0.05) is 11.8 Å².